The van der Waals surface area contributed by atoms with Gasteiger partial charge in [0.1, 0.15) is 10.8 Å². The Morgan fingerprint density at radius 1 is 1.19 bits per heavy atom. The third kappa shape index (κ3) is 3.50. The number of thiocarbonyl (C=S) groups is 1. The van der Waals surface area contributed by atoms with E-state index in [1.807, 2.05) is 0 Å². The van der Waals surface area contributed by atoms with E-state index in [0.717, 1.165) is 6.07 Å². The first-order valence-electron chi connectivity index (χ1n) is 5.75. The zero-order valence-electron chi connectivity index (χ0n) is 10.5. The van der Waals surface area contributed by atoms with E-state index < -0.39 is 11.7 Å². The predicted octanol–water partition coefficient (Wildman–Crippen LogP) is 4.02. The average Bonchev–Trinajstić information content (AvgIpc) is 2.40. The summed E-state index contributed by atoms with van der Waals surface area (Å²) in [6.07, 6.45) is 0. The summed E-state index contributed by atoms with van der Waals surface area (Å²) in [6, 6.07) is 8.41. The zero-order valence-corrected chi connectivity index (χ0v) is 12.8. The van der Waals surface area contributed by atoms with Crippen LogP contribution in [0.2, 0.25) is 10.0 Å². The highest BCUT2D eigenvalue weighted by Gasteiger charge is 2.16. The van der Waals surface area contributed by atoms with Gasteiger partial charge in [-0.1, -0.05) is 41.5 Å². The van der Waals surface area contributed by atoms with Crippen LogP contribution in [0.15, 0.2) is 36.4 Å². The molecular weight excluding hydrogens is 334 g/mol. The number of hydrogen-bond donors (Lipinski definition) is 2. The maximum atomic E-state index is 13.2. The molecule has 0 aliphatic heterocycles. The van der Waals surface area contributed by atoms with E-state index in [0.29, 0.717) is 0 Å². The summed E-state index contributed by atoms with van der Waals surface area (Å²) in [7, 11) is 0. The predicted molar refractivity (Wildman–Crippen MR) is 86.7 cm³/mol. The maximum Gasteiger partial charge on any atom is 0.258 e. The van der Waals surface area contributed by atoms with Crippen molar-refractivity contribution in [3.8, 4) is 0 Å². The number of hydrogen-bond acceptors (Lipinski definition) is 2. The number of nitrogens with one attached hydrogen (secondary N) is 1. The van der Waals surface area contributed by atoms with Gasteiger partial charge in [-0.15, -0.1) is 0 Å². The van der Waals surface area contributed by atoms with Crippen LogP contribution in [0.4, 0.5) is 10.1 Å². The molecule has 1 amide bonds. The van der Waals surface area contributed by atoms with Gasteiger partial charge in [-0.05, 0) is 30.3 Å². The van der Waals surface area contributed by atoms with Crippen LogP contribution in [0.25, 0.3) is 0 Å². The molecule has 0 spiro atoms. The van der Waals surface area contributed by atoms with Gasteiger partial charge in [-0.3, -0.25) is 4.79 Å². The number of carbonyl (C=O) groups is 1. The average molecular weight is 343 g/mol. The molecule has 3 N–H and O–H groups in total. The van der Waals surface area contributed by atoms with E-state index in [9.17, 15) is 9.18 Å². The molecule has 3 nitrogen and oxygen atoms in total. The first-order chi connectivity index (χ1) is 9.90. The standard InChI is InChI=1S/C14H9Cl2FN2OS/c15-9-2-1-3-10(16)12(9)14(20)19-11-5-4-7(17)6-8(11)13(18)21/h1-6H,(H2,18,21)(H,19,20). The fourth-order valence-corrected chi connectivity index (χ4v) is 2.47. The SMILES string of the molecule is NC(=S)c1cc(F)ccc1NC(=O)c1c(Cl)cccc1Cl. The Hall–Kier alpha value is -1.69. The molecule has 0 radical (unpaired) electrons. The third-order valence-electron chi connectivity index (χ3n) is 2.69. The van der Waals surface area contributed by atoms with E-state index in [4.69, 9.17) is 41.2 Å². The highest BCUT2D eigenvalue weighted by molar-refractivity contribution is 7.80. The lowest BCUT2D eigenvalue weighted by molar-refractivity contribution is 0.102. The molecule has 2 aromatic rings. The summed E-state index contributed by atoms with van der Waals surface area (Å²) in [5.74, 6) is -1.04. The summed E-state index contributed by atoms with van der Waals surface area (Å²) < 4.78 is 13.2. The van der Waals surface area contributed by atoms with Crippen molar-refractivity contribution < 1.29 is 9.18 Å². The number of carbonyl (C=O) groups excluding carboxylic acids is 1. The van der Waals surface area contributed by atoms with Crippen LogP contribution in [-0.4, -0.2) is 10.9 Å². The lowest BCUT2D eigenvalue weighted by Crippen LogP contribution is -2.18. The Balaban J connectivity index is 2.39. The van der Waals surface area contributed by atoms with E-state index in [2.05, 4.69) is 5.32 Å². The molecule has 0 atom stereocenters. The largest absolute Gasteiger partial charge is 0.389 e. The van der Waals surface area contributed by atoms with Gasteiger partial charge < -0.3 is 11.1 Å². The normalized spacial score (nSPS) is 10.2. The van der Waals surface area contributed by atoms with Gasteiger partial charge in [-0.25, -0.2) is 4.39 Å². The Morgan fingerprint density at radius 2 is 1.81 bits per heavy atom. The van der Waals surface area contributed by atoms with Crippen molar-refractivity contribution in [1.29, 1.82) is 0 Å². The Bertz CT molecular complexity index is 717. The van der Waals surface area contributed by atoms with Crippen molar-refractivity contribution in [2.75, 3.05) is 5.32 Å². The first-order valence-corrected chi connectivity index (χ1v) is 6.91. The summed E-state index contributed by atoms with van der Waals surface area (Å²) in [6.45, 7) is 0. The summed E-state index contributed by atoms with van der Waals surface area (Å²) >= 11 is 16.8. The van der Waals surface area contributed by atoms with Crippen LogP contribution >= 0.6 is 35.4 Å². The Labute approximate surface area is 135 Å². The van der Waals surface area contributed by atoms with Crippen LogP contribution in [0, 0.1) is 5.82 Å². The third-order valence-corrected chi connectivity index (χ3v) is 3.53. The highest BCUT2D eigenvalue weighted by atomic mass is 35.5. The monoisotopic (exact) mass is 342 g/mol. The molecule has 2 rings (SSSR count). The van der Waals surface area contributed by atoms with Crippen molar-refractivity contribution in [3.05, 3.63) is 63.4 Å². The number of halogens is 3. The smallest absolute Gasteiger partial charge is 0.258 e. The Kier molecular flexibility index (Phi) is 4.77. The molecule has 21 heavy (non-hydrogen) atoms. The summed E-state index contributed by atoms with van der Waals surface area (Å²) in [4.78, 5) is 12.2. The molecule has 0 bridgehead atoms. The van der Waals surface area contributed by atoms with E-state index in [1.165, 1.54) is 12.1 Å². The Morgan fingerprint density at radius 3 is 2.38 bits per heavy atom. The van der Waals surface area contributed by atoms with Crippen molar-refractivity contribution >= 4 is 52.0 Å². The van der Waals surface area contributed by atoms with Gasteiger partial charge in [0.05, 0.1) is 21.3 Å². The molecule has 0 aromatic heterocycles. The van der Waals surface area contributed by atoms with Gasteiger partial charge >= 0.3 is 0 Å². The number of rotatable bonds is 3. The molecule has 0 saturated carbocycles. The van der Waals surface area contributed by atoms with Crippen LogP contribution < -0.4 is 11.1 Å². The number of nitrogens with two attached hydrogens (primary N) is 1. The molecule has 0 aliphatic carbocycles. The van der Waals surface area contributed by atoms with E-state index >= 15 is 0 Å². The fraction of sp³-hybridized carbons (Fsp3) is 0. The fourth-order valence-electron chi connectivity index (χ4n) is 1.73. The van der Waals surface area contributed by atoms with Crippen LogP contribution in [0.3, 0.4) is 0 Å². The maximum absolute atomic E-state index is 13.2. The lowest BCUT2D eigenvalue weighted by atomic mass is 10.1. The second-order valence-electron chi connectivity index (χ2n) is 4.10. The first kappa shape index (κ1) is 15.7. The second kappa shape index (κ2) is 6.39. The van der Waals surface area contributed by atoms with Gasteiger partial charge in [0.15, 0.2) is 0 Å². The topological polar surface area (TPSA) is 55.1 Å². The summed E-state index contributed by atoms with van der Waals surface area (Å²) in [5.41, 5.74) is 6.15. The minimum Gasteiger partial charge on any atom is -0.389 e. The van der Waals surface area contributed by atoms with E-state index in [-0.39, 0.29) is 31.8 Å². The molecule has 0 unspecified atom stereocenters. The van der Waals surface area contributed by atoms with Crippen molar-refractivity contribution in [2.45, 2.75) is 0 Å². The van der Waals surface area contributed by atoms with Crippen molar-refractivity contribution in [1.82, 2.24) is 0 Å². The van der Waals surface area contributed by atoms with Gasteiger partial charge in [0.25, 0.3) is 5.91 Å². The molecule has 0 heterocycles. The molecule has 7 heteroatoms. The number of benzene rings is 2. The van der Waals surface area contributed by atoms with Crippen molar-refractivity contribution in [3.63, 3.8) is 0 Å². The van der Waals surface area contributed by atoms with Gasteiger partial charge in [0, 0.05) is 5.56 Å². The van der Waals surface area contributed by atoms with E-state index in [1.54, 1.807) is 18.2 Å². The van der Waals surface area contributed by atoms with Crippen LogP contribution in [-0.2, 0) is 0 Å². The van der Waals surface area contributed by atoms with Crippen LogP contribution in [0.1, 0.15) is 15.9 Å². The molecule has 0 aliphatic rings. The molecule has 108 valence electrons. The van der Waals surface area contributed by atoms with Crippen molar-refractivity contribution in [2.24, 2.45) is 5.73 Å². The van der Waals surface area contributed by atoms with Gasteiger partial charge in [-0.2, -0.15) is 0 Å². The molecule has 2 aromatic carbocycles. The number of amides is 1. The molecule has 0 saturated heterocycles. The lowest BCUT2D eigenvalue weighted by Gasteiger charge is -2.12. The highest BCUT2D eigenvalue weighted by Crippen LogP contribution is 2.26. The second-order valence-corrected chi connectivity index (χ2v) is 5.36. The van der Waals surface area contributed by atoms with Gasteiger partial charge in [0.2, 0.25) is 0 Å². The quantitative estimate of drug-likeness (QED) is 0.828. The summed E-state index contributed by atoms with van der Waals surface area (Å²) in [5, 5.41) is 2.99. The molecular formula is C14H9Cl2FN2OS. The van der Waals surface area contributed by atoms with Crippen LogP contribution in [0.5, 0.6) is 0 Å². The minimum atomic E-state index is -0.533. The minimum absolute atomic E-state index is 0.0324. The molecule has 0 fully saturated rings. The number of anilines is 1. The zero-order chi connectivity index (χ0) is 15.6.